The molecule has 7 nitrogen and oxygen atoms in total. The topological polar surface area (TPSA) is 110 Å². The third-order valence-electron chi connectivity index (χ3n) is 1.61. The first kappa shape index (κ1) is 15.6. The van der Waals surface area contributed by atoms with E-state index in [-0.39, 0.29) is 6.42 Å². The summed E-state index contributed by atoms with van der Waals surface area (Å²) >= 11 is 10.6. The van der Waals surface area contributed by atoms with Gasteiger partial charge in [-0.05, 0) is 0 Å². The molecule has 0 aromatic heterocycles. The van der Waals surface area contributed by atoms with Crippen LogP contribution >= 0.6 is 23.2 Å². The largest absolute Gasteiger partial charge is 0.467 e. The lowest BCUT2D eigenvalue weighted by Crippen LogP contribution is -2.45. The van der Waals surface area contributed by atoms with Gasteiger partial charge in [-0.2, -0.15) is 0 Å². The second-order valence-electron chi connectivity index (χ2n) is 2.81. The molecule has 0 saturated carbocycles. The first-order valence-corrected chi connectivity index (χ1v) is 5.18. The molecule has 0 aliphatic carbocycles. The van der Waals surface area contributed by atoms with Gasteiger partial charge >= 0.3 is 12.2 Å². The summed E-state index contributed by atoms with van der Waals surface area (Å²) < 4.78 is 4.39. The minimum absolute atomic E-state index is 0.388. The standard InChI is InChI=1S/C8H9Cl2N3O4/c1-17-8(16)5(2-4(14)3-12-11)13-7(15)6(9)10/h3,5-6,11H,2H2,1H3/p+1. The molecule has 2 N–H and O–H groups in total. The normalized spacial score (nSPS) is 11.3. The molecular formula is C8H10Cl2N3O4+. The monoisotopic (exact) mass is 282 g/mol. The Morgan fingerprint density at radius 1 is 1.47 bits per heavy atom. The molecule has 0 heterocycles. The summed E-state index contributed by atoms with van der Waals surface area (Å²) in [5, 5.41) is 2.14. The molecule has 9 heteroatoms. The van der Waals surface area contributed by atoms with Gasteiger partial charge in [0.05, 0.1) is 17.4 Å². The van der Waals surface area contributed by atoms with Crippen LogP contribution in [0.5, 0.6) is 0 Å². The molecule has 1 amide bonds. The number of nitrogens with one attached hydrogen (secondary N) is 2. The van der Waals surface area contributed by atoms with Gasteiger partial charge in [-0.3, -0.25) is 9.59 Å². The van der Waals surface area contributed by atoms with E-state index in [1.54, 1.807) is 0 Å². The van der Waals surface area contributed by atoms with Crippen molar-refractivity contribution >= 4 is 47.1 Å². The number of ether oxygens (including phenoxy) is 1. The van der Waals surface area contributed by atoms with Gasteiger partial charge in [0.1, 0.15) is 6.04 Å². The summed E-state index contributed by atoms with van der Waals surface area (Å²) in [5.74, 6) is -2.25. The number of rotatable bonds is 6. The van der Waals surface area contributed by atoms with Crippen LogP contribution in [0.2, 0.25) is 0 Å². The van der Waals surface area contributed by atoms with Crippen LogP contribution in [-0.2, 0) is 19.1 Å². The van der Waals surface area contributed by atoms with Gasteiger partial charge in [-0.25, -0.2) is 4.79 Å². The van der Waals surface area contributed by atoms with Crippen molar-refractivity contribution < 1.29 is 23.9 Å². The summed E-state index contributed by atoms with van der Waals surface area (Å²) in [6, 6.07) is -1.21. The average Bonchev–Trinajstić information content (AvgIpc) is 2.27. The summed E-state index contributed by atoms with van der Waals surface area (Å²) in [4.78, 5) is 34.9. The quantitative estimate of drug-likeness (QED) is 0.229. The first-order chi connectivity index (χ1) is 7.92. The van der Waals surface area contributed by atoms with E-state index in [4.69, 9.17) is 28.7 Å². The van der Waals surface area contributed by atoms with Gasteiger partial charge in [0.15, 0.2) is 4.84 Å². The second kappa shape index (κ2) is 7.78. The number of methoxy groups -OCH3 is 1. The van der Waals surface area contributed by atoms with Crippen molar-refractivity contribution in [1.82, 2.24) is 5.32 Å². The maximum absolute atomic E-state index is 11.2. The van der Waals surface area contributed by atoms with Crippen LogP contribution in [0.15, 0.2) is 0 Å². The van der Waals surface area contributed by atoms with E-state index < -0.39 is 28.5 Å². The minimum atomic E-state index is -1.36. The number of esters is 1. The molecule has 0 spiro atoms. The molecule has 1 unspecified atom stereocenters. The highest BCUT2D eigenvalue weighted by Crippen LogP contribution is 2.03. The highest BCUT2D eigenvalue weighted by Gasteiger charge is 2.27. The average molecular weight is 283 g/mol. The van der Waals surface area contributed by atoms with Crippen molar-refractivity contribution in [2.24, 2.45) is 0 Å². The number of nitrogens with zero attached hydrogens (tertiary/aromatic N) is 1. The third-order valence-corrected chi connectivity index (χ3v) is 2.01. The van der Waals surface area contributed by atoms with Gasteiger partial charge in [-0.15, -0.1) is 0 Å². The summed E-state index contributed by atoms with van der Waals surface area (Å²) in [7, 11) is 1.10. The number of halogens is 2. The molecule has 0 aliphatic heterocycles. The van der Waals surface area contributed by atoms with Gasteiger partial charge in [-0.1, -0.05) is 23.2 Å². The highest BCUT2D eigenvalue weighted by atomic mass is 35.5. The zero-order chi connectivity index (χ0) is 13.4. The van der Waals surface area contributed by atoms with Gasteiger partial charge in [0.2, 0.25) is 5.78 Å². The summed E-state index contributed by atoms with van der Waals surface area (Å²) in [6.07, 6.45) is 0.322. The third kappa shape index (κ3) is 6.01. The van der Waals surface area contributed by atoms with E-state index in [0.717, 1.165) is 7.11 Å². The number of carbonyl (C=O) groups excluding carboxylic acids is 3. The van der Waals surface area contributed by atoms with Crippen molar-refractivity contribution in [3.63, 3.8) is 0 Å². The summed E-state index contributed by atoms with van der Waals surface area (Å²) in [6.45, 7) is 0. The Morgan fingerprint density at radius 2 is 2.06 bits per heavy atom. The van der Waals surface area contributed by atoms with Gasteiger partial charge in [0, 0.05) is 6.42 Å². The van der Waals surface area contributed by atoms with Crippen LogP contribution < -0.4 is 5.32 Å². The number of hydrogen-bond donors (Lipinski definition) is 2. The van der Waals surface area contributed by atoms with Crippen molar-refractivity contribution in [2.75, 3.05) is 7.11 Å². The lowest BCUT2D eigenvalue weighted by atomic mass is 10.1. The Bertz CT molecular complexity index is 366. The van der Waals surface area contributed by atoms with E-state index in [2.05, 4.69) is 14.8 Å². The molecule has 0 radical (unpaired) electrons. The van der Waals surface area contributed by atoms with E-state index in [1.165, 1.54) is 0 Å². The van der Waals surface area contributed by atoms with E-state index >= 15 is 0 Å². The Morgan fingerprint density at radius 3 is 2.47 bits per heavy atom. The predicted molar refractivity (Wildman–Crippen MR) is 58.1 cm³/mol. The predicted octanol–water partition coefficient (Wildman–Crippen LogP) is -0.283. The maximum Gasteiger partial charge on any atom is 0.372 e. The van der Waals surface area contributed by atoms with Crippen LogP contribution in [0, 0.1) is 5.53 Å². The van der Waals surface area contributed by atoms with Crippen LogP contribution in [0.25, 0.3) is 0 Å². The zero-order valence-electron chi connectivity index (χ0n) is 8.78. The number of amides is 1. The first-order valence-electron chi connectivity index (χ1n) is 4.31. The smallest absolute Gasteiger partial charge is 0.372 e. The lowest BCUT2D eigenvalue weighted by molar-refractivity contribution is -0.146. The van der Waals surface area contributed by atoms with Crippen molar-refractivity contribution in [2.45, 2.75) is 17.3 Å². The van der Waals surface area contributed by atoms with Crippen molar-refractivity contribution in [3.05, 3.63) is 0 Å². The summed E-state index contributed by atoms with van der Waals surface area (Å²) in [5.41, 5.74) is 6.44. The molecule has 0 bridgehead atoms. The molecule has 0 aromatic carbocycles. The molecule has 94 valence electrons. The zero-order valence-corrected chi connectivity index (χ0v) is 10.3. The molecule has 1 atom stereocenters. The number of alkyl halides is 2. The Labute approximate surface area is 107 Å². The lowest BCUT2D eigenvalue weighted by Gasteiger charge is -2.14. The fraction of sp³-hybridized carbons (Fsp3) is 0.500. The molecule has 0 aromatic rings. The fourth-order valence-electron chi connectivity index (χ4n) is 0.896. The van der Waals surface area contributed by atoms with Crippen molar-refractivity contribution in [3.8, 4) is 0 Å². The molecular weight excluding hydrogens is 273 g/mol. The van der Waals surface area contributed by atoms with Crippen LogP contribution in [0.1, 0.15) is 6.42 Å². The molecule has 0 saturated heterocycles. The van der Waals surface area contributed by atoms with Gasteiger partial charge in [0.25, 0.3) is 5.91 Å². The van der Waals surface area contributed by atoms with Gasteiger partial charge < -0.3 is 10.1 Å². The van der Waals surface area contributed by atoms with E-state index in [1.807, 2.05) is 0 Å². The number of ketones is 1. The molecule has 0 rings (SSSR count). The molecule has 0 aliphatic rings. The van der Waals surface area contributed by atoms with Crippen LogP contribution in [0.3, 0.4) is 0 Å². The van der Waals surface area contributed by atoms with Crippen molar-refractivity contribution in [1.29, 1.82) is 5.53 Å². The fourth-order valence-corrected chi connectivity index (χ4v) is 1.02. The number of hydrogen-bond acceptors (Lipinski definition) is 5. The van der Waals surface area contributed by atoms with Crippen LogP contribution in [0.4, 0.5) is 0 Å². The molecule has 17 heavy (non-hydrogen) atoms. The second-order valence-corrected chi connectivity index (χ2v) is 3.91. The Balaban J connectivity index is 4.65. The van der Waals surface area contributed by atoms with E-state index in [0.29, 0.717) is 6.21 Å². The maximum atomic E-state index is 11.2. The number of carbonyl (C=O) groups is 3. The SMILES string of the molecule is COC(=O)C(CC(=O)C=[N+]=N)NC(=O)C(Cl)Cl. The highest BCUT2D eigenvalue weighted by molar-refractivity contribution is 6.53. The Hall–Kier alpha value is -1.43. The van der Waals surface area contributed by atoms with Crippen LogP contribution in [-0.4, -0.2) is 46.7 Å². The van der Waals surface area contributed by atoms with E-state index in [9.17, 15) is 14.4 Å². The molecule has 0 fully saturated rings. The minimum Gasteiger partial charge on any atom is -0.467 e. The Kier molecular flexibility index (Phi) is 7.13. The number of Topliss-reactive ketones (excluding diaryl/α,β-unsaturated/α-hetero) is 1.